The molecule has 1 aromatic carbocycles. The Kier molecular flexibility index (Phi) is 5.19. The third kappa shape index (κ3) is 4.23. The number of nitrogens with one attached hydrogen (secondary N) is 1. The van der Waals surface area contributed by atoms with Crippen molar-refractivity contribution in [3.63, 3.8) is 0 Å². The predicted octanol–water partition coefficient (Wildman–Crippen LogP) is 2.34. The fourth-order valence-electron chi connectivity index (χ4n) is 3.28. The van der Waals surface area contributed by atoms with Crippen molar-refractivity contribution in [2.45, 2.75) is 6.92 Å². The summed E-state index contributed by atoms with van der Waals surface area (Å²) in [5, 5.41) is 12.5. The van der Waals surface area contributed by atoms with E-state index in [-0.39, 0.29) is 5.56 Å². The molecule has 2 N–H and O–H groups in total. The zero-order chi connectivity index (χ0) is 20.2. The SMILES string of the molecule is Cc1nc(Nc2ccccc2C(=O)O)cc(N2CCN(c3ncccn3)CC2)n1. The van der Waals surface area contributed by atoms with Crippen LogP contribution in [0.5, 0.6) is 0 Å². The topological polar surface area (TPSA) is 107 Å². The zero-order valence-electron chi connectivity index (χ0n) is 16.0. The quantitative estimate of drug-likeness (QED) is 0.677. The number of carbonyl (C=O) groups is 1. The zero-order valence-corrected chi connectivity index (χ0v) is 16.0. The van der Waals surface area contributed by atoms with Crippen LogP contribution in [-0.2, 0) is 0 Å². The van der Waals surface area contributed by atoms with Gasteiger partial charge in [-0.25, -0.2) is 24.7 Å². The minimum absolute atomic E-state index is 0.196. The Bertz CT molecular complexity index is 1000. The van der Waals surface area contributed by atoms with Crippen molar-refractivity contribution >= 4 is 29.2 Å². The van der Waals surface area contributed by atoms with Crippen LogP contribution in [0.4, 0.5) is 23.3 Å². The molecular formula is C20H21N7O2. The summed E-state index contributed by atoms with van der Waals surface area (Å²) in [5.41, 5.74) is 0.692. The highest BCUT2D eigenvalue weighted by Gasteiger charge is 2.21. The van der Waals surface area contributed by atoms with Crippen molar-refractivity contribution in [2.75, 3.05) is 41.3 Å². The third-order valence-electron chi connectivity index (χ3n) is 4.68. The lowest BCUT2D eigenvalue weighted by atomic mass is 10.2. The van der Waals surface area contributed by atoms with E-state index in [1.807, 2.05) is 13.0 Å². The molecule has 0 unspecified atom stereocenters. The van der Waals surface area contributed by atoms with Gasteiger partial charge in [0, 0.05) is 44.6 Å². The molecule has 148 valence electrons. The van der Waals surface area contributed by atoms with Gasteiger partial charge < -0.3 is 20.2 Å². The van der Waals surface area contributed by atoms with Gasteiger partial charge in [-0.1, -0.05) is 12.1 Å². The molecule has 0 atom stereocenters. The second kappa shape index (κ2) is 8.09. The molecule has 0 spiro atoms. The molecule has 1 saturated heterocycles. The number of rotatable bonds is 5. The molecule has 0 aliphatic carbocycles. The largest absolute Gasteiger partial charge is 0.478 e. The fraction of sp³-hybridized carbons (Fsp3) is 0.250. The van der Waals surface area contributed by atoms with Gasteiger partial charge in [-0.2, -0.15) is 0 Å². The fourth-order valence-corrected chi connectivity index (χ4v) is 3.28. The smallest absolute Gasteiger partial charge is 0.337 e. The Morgan fingerprint density at radius 2 is 1.69 bits per heavy atom. The monoisotopic (exact) mass is 391 g/mol. The number of anilines is 4. The van der Waals surface area contributed by atoms with E-state index in [1.54, 1.807) is 42.7 Å². The van der Waals surface area contributed by atoms with Gasteiger partial charge in [-0.05, 0) is 25.1 Å². The summed E-state index contributed by atoms with van der Waals surface area (Å²) in [4.78, 5) is 33.4. The second-order valence-electron chi connectivity index (χ2n) is 6.66. The molecule has 29 heavy (non-hydrogen) atoms. The number of carboxylic acid groups (broad SMARTS) is 1. The van der Waals surface area contributed by atoms with Gasteiger partial charge in [0.05, 0.1) is 11.3 Å². The Labute approximate surface area is 168 Å². The summed E-state index contributed by atoms with van der Waals surface area (Å²) in [6.45, 7) is 4.96. The van der Waals surface area contributed by atoms with Crippen LogP contribution < -0.4 is 15.1 Å². The number of hydrogen-bond donors (Lipinski definition) is 2. The Hall–Kier alpha value is -3.75. The van der Waals surface area contributed by atoms with Crippen molar-refractivity contribution in [1.82, 2.24) is 19.9 Å². The summed E-state index contributed by atoms with van der Waals surface area (Å²) in [6.07, 6.45) is 3.49. The van der Waals surface area contributed by atoms with E-state index in [1.165, 1.54) is 0 Å². The van der Waals surface area contributed by atoms with Crippen molar-refractivity contribution in [1.29, 1.82) is 0 Å². The average Bonchev–Trinajstić information content (AvgIpc) is 2.74. The lowest BCUT2D eigenvalue weighted by Gasteiger charge is -2.35. The van der Waals surface area contributed by atoms with Crippen LogP contribution in [0.1, 0.15) is 16.2 Å². The molecule has 9 heteroatoms. The van der Waals surface area contributed by atoms with Crippen LogP contribution in [0.25, 0.3) is 0 Å². The van der Waals surface area contributed by atoms with Gasteiger partial charge >= 0.3 is 5.97 Å². The van der Waals surface area contributed by atoms with E-state index in [0.29, 0.717) is 17.3 Å². The molecular weight excluding hydrogens is 370 g/mol. The normalized spacial score (nSPS) is 14.0. The van der Waals surface area contributed by atoms with E-state index >= 15 is 0 Å². The van der Waals surface area contributed by atoms with Gasteiger partial charge in [0.15, 0.2) is 0 Å². The first kappa shape index (κ1) is 18.6. The summed E-state index contributed by atoms with van der Waals surface area (Å²) in [7, 11) is 0. The van der Waals surface area contributed by atoms with Crippen molar-refractivity contribution in [3.05, 3.63) is 60.2 Å². The minimum atomic E-state index is -0.988. The van der Waals surface area contributed by atoms with Crippen molar-refractivity contribution in [2.24, 2.45) is 0 Å². The highest BCUT2D eigenvalue weighted by Crippen LogP contribution is 2.23. The standard InChI is InChI=1S/C20H21N7O2/c1-14-23-17(25-16-6-3-2-5-15(16)19(28)29)13-18(24-14)26-9-11-27(12-10-26)20-21-7-4-8-22-20/h2-8,13H,9-12H2,1H3,(H,28,29)(H,23,24,25). The Morgan fingerprint density at radius 1 is 1.00 bits per heavy atom. The molecule has 0 bridgehead atoms. The summed E-state index contributed by atoms with van der Waals surface area (Å²) >= 11 is 0. The number of piperazine rings is 1. The maximum absolute atomic E-state index is 11.4. The number of carboxylic acids is 1. The maximum atomic E-state index is 11.4. The first-order valence-corrected chi connectivity index (χ1v) is 9.32. The van der Waals surface area contributed by atoms with E-state index in [0.717, 1.165) is 37.9 Å². The van der Waals surface area contributed by atoms with Crippen molar-refractivity contribution < 1.29 is 9.90 Å². The van der Waals surface area contributed by atoms with Gasteiger partial charge in [0.25, 0.3) is 0 Å². The molecule has 3 aromatic rings. The molecule has 0 radical (unpaired) electrons. The van der Waals surface area contributed by atoms with Crippen LogP contribution in [0, 0.1) is 6.92 Å². The lowest BCUT2D eigenvalue weighted by molar-refractivity contribution is 0.0698. The maximum Gasteiger partial charge on any atom is 0.337 e. The molecule has 1 aliphatic rings. The number of aromatic nitrogens is 4. The lowest BCUT2D eigenvalue weighted by Crippen LogP contribution is -2.47. The highest BCUT2D eigenvalue weighted by molar-refractivity contribution is 5.95. The molecule has 0 saturated carbocycles. The molecule has 1 aliphatic heterocycles. The van der Waals surface area contributed by atoms with Crippen LogP contribution in [0.3, 0.4) is 0 Å². The van der Waals surface area contributed by atoms with Gasteiger partial charge in [0.1, 0.15) is 17.5 Å². The predicted molar refractivity (Wildman–Crippen MR) is 110 cm³/mol. The van der Waals surface area contributed by atoms with Crippen LogP contribution in [0.15, 0.2) is 48.8 Å². The second-order valence-corrected chi connectivity index (χ2v) is 6.66. The Balaban J connectivity index is 1.50. The van der Waals surface area contributed by atoms with Gasteiger partial charge in [0.2, 0.25) is 5.95 Å². The number of hydrogen-bond acceptors (Lipinski definition) is 8. The first-order chi connectivity index (χ1) is 14.1. The summed E-state index contributed by atoms with van der Waals surface area (Å²) in [5.74, 6) is 1.74. The van der Waals surface area contributed by atoms with E-state index in [2.05, 4.69) is 35.1 Å². The average molecular weight is 391 g/mol. The molecule has 2 aromatic heterocycles. The number of para-hydroxylation sites is 1. The van der Waals surface area contributed by atoms with Crippen LogP contribution in [-0.4, -0.2) is 57.2 Å². The van der Waals surface area contributed by atoms with Gasteiger partial charge in [-0.3, -0.25) is 0 Å². The van der Waals surface area contributed by atoms with Gasteiger partial charge in [-0.15, -0.1) is 0 Å². The number of aryl methyl sites for hydroxylation is 1. The molecule has 4 rings (SSSR count). The van der Waals surface area contributed by atoms with E-state index in [4.69, 9.17) is 0 Å². The number of nitrogens with zero attached hydrogens (tertiary/aromatic N) is 6. The third-order valence-corrected chi connectivity index (χ3v) is 4.68. The number of aromatic carboxylic acids is 1. The summed E-state index contributed by atoms with van der Waals surface area (Å²) < 4.78 is 0. The highest BCUT2D eigenvalue weighted by atomic mass is 16.4. The minimum Gasteiger partial charge on any atom is -0.478 e. The molecule has 0 amide bonds. The Morgan fingerprint density at radius 3 is 2.41 bits per heavy atom. The van der Waals surface area contributed by atoms with E-state index in [9.17, 15) is 9.90 Å². The van der Waals surface area contributed by atoms with Crippen molar-refractivity contribution in [3.8, 4) is 0 Å². The molecule has 9 nitrogen and oxygen atoms in total. The first-order valence-electron chi connectivity index (χ1n) is 9.32. The molecule has 1 fully saturated rings. The molecule has 3 heterocycles. The number of benzene rings is 1. The summed E-state index contributed by atoms with van der Waals surface area (Å²) in [6, 6.07) is 10.4. The van der Waals surface area contributed by atoms with E-state index < -0.39 is 5.97 Å². The van der Waals surface area contributed by atoms with Crippen LogP contribution in [0.2, 0.25) is 0 Å². The van der Waals surface area contributed by atoms with Crippen LogP contribution >= 0.6 is 0 Å².